The Balaban J connectivity index is 1.92. The van der Waals surface area contributed by atoms with Gasteiger partial charge in [0.2, 0.25) is 0 Å². The first kappa shape index (κ1) is 14.6. The van der Waals surface area contributed by atoms with E-state index in [0.717, 1.165) is 19.3 Å². The van der Waals surface area contributed by atoms with Crippen LogP contribution < -0.4 is 5.73 Å². The van der Waals surface area contributed by atoms with E-state index in [2.05, 4.69) is 0 Å². The Bertz CT molecular complexity index is 518. The van der Waals surface area contributed by atoms with Crippen molar-refractivity contribution in [2.75, 3.05) is 0 Å². The Morgan fingerprint density at radius 2 is 2.00 bits per heavy atom. The largest absolute Gasteiger partial charge is 0.481 e. The third-order valence-electron chi connectivity index (χ3n) is 4.96. The van der Waals surface area contributed by atoms with E-state index in [1.807, 2.05) is 4.68 Å². The van der Waals surface area contributed by atoms with Crippen LogP contribution in [0, 0.1) is 0 Å². The first-order valence-corrected chi connectivity index (χ1v) is 8.23. The number of carbonyl (C=O) groups is 1. The van der Waals surface area contributed by atoms with Gasteiger partial charge in [0.1, 0.15) is 0 Å². The Hall–Kier alpha value is -1.36. The fourth-order valence-electron chi connectivity index (χ4n) is 3.90. The molecule has 5 nitrogen and oxygen atoms in total. The van der Waals surface area contributed by atoms with Gasteiger partial charge in [-0.25, -0.2) is 0 Å². The predicted molar refractivity (Wildman–Crippen MR) is 80.2 cm³/mol. The van der Waals surface area contributed by atoms with E-state index >= 15 is 0 Å². The molecule has 21 heavy (non-hydrogen) atoms. The first-order chi connectivity index (χ1) is 10.2. The second kappa shape index (κ2) is 6.18. The van der Waals surface area contributed by atoms with Crippen molar-refractivity contribution in [3.63, 3.8) is 0 Å². The van der Waals surface area contributed by atoms with Crippen molar-refractivity contribution in [1.82, 2.24) is 9.78 Å². The maximum absolute atomic E-state index is 10.8. The zero-order valence-corrected chi connectivity index (χ0v) is 12.6. The molecule has 0 bridgehead atoms. The van der Waals surface area contributed by atoms with Crippen LogP contribution >= 0.6 is 0 Å². The Morgan fingerprint density at radius 1 is 1.24 bits per heavy atom. The molecule has 1 aromatic rings. The van der Waals surface area contributed by atoms with Crippen molar-refractivity contribution in [3.05, 3.63) is 17.0 Å². The summed E-state index contributed by atoms with van der Waals surface area (Å²) in [6, 6.07) is 0.0873. The molecule has 116 valence electrons. The van der Waals surface area contributed by atoms with Gasteiger partial charge in [0.25, 0.3) is 0 Å². The van der Waals surface area contributed by atoms with E-state index in [9.17, 15) is 4.79 Å². The minimum absolute atomic E-state index is 0.0873. The predicted octanol–water partition coefficient (Wildman–Crippen LogP) is 2.74. The van der Waals surface area contributed by atoms with E-state index < -0.39 is 5.97 Å². The van der Waals surface area contributed by atoms with E-state index in [-0.39, 0.29) is 12.5 Å². The molecule has 0 saturated heterocycles. The summed E-state index contributed by atoms with van der Waals surface area (Å²) in [5, 5.41) is 13.7. The monoisotopic (exact) mass is 291 g/mol. The summed E-state index contributed by atoms with van der Waals surface area (Å²) in [5.74, 6) is -0.235. The van der Waals surface area contributed by atoms with Crippen LogP contribution in [0.5, 0.6) is 0 Å². The highest BCUT2D eigenvalue weighted by molar-refractivity contribution is 5.66. The molecule has 3 rings (SSSR count). The Kier molecular flexibility index (Phi) is 4.29. The molecule has 1 atom stereocenters. The first-order valence-electron chi connectivity index (χ1n) is 8.23. The number of fused-ring (bicyclic) bond motifs is 1. The van der Waals surface area contributed by atoms with Crippen LogP contribution in [0.1, 0.15) is 80.3 Å². The van der Waals surface area contributed by atoms with E-state index in [1.54, 1.807) is 0 Å². The lowest BCUT2D eigenvalue weighted by Crippen LogP contribution is -2.20. The zero-order valence-electron chi connectivity index (χ0n) is 12.6. The summed E-state index contributed by atoms with van der Waals surface area (Å²) < 4.78 is 1.94. The average molecular weight is 291 g/mol. The van der Waals surface area contributed by atoms with Gasteiger partial charge in [-0.1, -0.05) is 19.3 Å². The van der Waals surface area contributed by atoms with E-state index in [0.29, 0.717) is 12.5 Å². The lowest BCUT2D eigenvalue weighted by Gasteiger charge is -2.25. The van der Waals surface area contributed by atoms with Crippen molar-refractivity contribution in [1.29, 1.82) is 0 Å². The fourth-order valence-corrected chi connectivity index (χ4v) is 3.90. The Morgan fingerprint density at radius 3 is 2.71 bits per heavy atom. The summed E-state index contributed by atoms with van der Waals surface area (Å²) in [4.78, 5) is 10.8. The molecular weight excluding hydrogens is 266 g/mol. The highest BCUT2D eigenvalue weighted by Crippen LogP contribution is 2.39. The Labute approximate surface area is 125 Å². The highest BCUT2D eigenvalue weighted by Gasteiger charge is 2.30. The van der Waals surface area contributed by atoms with Crippen molar-refractivity contribution < 1.29 is 9.90 Å². The molecule has 0 radical (unpaired) electrons. The number of aryl methyl sites for hydroxylation is 1. The third-order valence-corrected chi connectivity index (χ3v) is 4.96. The smallest absolute Gasteiger partial charge is 0.305 e. The van der Waals surface area contributed by atoms with E-state index in [4.69, 9.17) is 15.9 Å². The molecule has 1 heterocycles. The van der Waals surface area contributed by atoms with Gasteiger partial charge in [-0.2, -0.15) is 5.10 Å². The number of hydrogen-bond donors (Lipinski definition) is 2. The molecule has 1 aromatic heterocycles. The number of aliphatic carboxylic acids is 1. The molecule has 1 fully saturated rings. The van der Waals surface area contributed by atoms with Crippen LogP contribution in [0.3, 0.4) is 0 Å². The summed E-state index contributed by atoms with van der Waals surface area (Å²) in [6.07, 6.45) is 9.51. The normalized spacial score (nSPS) is 23.0. The molecule has 3 N–H and O–H groups in total. The molecule has 0 aromatic carbocycles. The van der Waals surface area contributed by atoms with Gasteiger partial charge >= 0.3 is 5.97 Å². The van der Waals surface area contributed by atoms with E-state index in [1.165, 1.54) is 49.1 Å². The molecule has 0 spiro atoms. The number of rotatable bonds is 4. The topological polar surface area (TPSA) is 81.1 Å². The van der Waals surface area contributed by atoms with Crippen LogP contribution in [0.4, 0.5) is 0 Å². The number of aromatic nitrogens is 2. The highest BCUT2D eigenvalue weighted by atomic mass is 16.4. The lowest BCUT2D eigenvalue weighted by molar-refractivity contribution is -0.137. The second-order valence-electron chi connectivity index (χ2n) is 6.45. The fraction of sp³-hybridized carbons (Fsp3) is 0.750. The van der Waals surface area contributed by atoms with Gasteiger partial charge in [-0.3, -0.25) is 9.48 Å². The molecular formula is C16H25N3O2. The summed E-state index contributed by atoms with van der Waals surface area (Å²) in [7, 11) is 0. The minimum Gasteiger partial charge on any atom is -0.481 e. The van der Waals surface area contributed by atoms with Crippen molar-refractivity contribution in [2.24, 2.45) is 5.73 Å². The summed E-state index contributed by atoms with van der Waals surface area (Å²) in [5.41, 5.74) is 9.99. The summed E-state index contributed by atoms with van der Waals surface area (Å²) in [6.45, 7) is 0.469. The number of hydrogen-bond acceptors (Lipinski definition) is 3. The average Bonchev–Trinajstić information content (AvgIpc) is 2.86. The number of carboxylic acids is 1. The standard InChI is InChI=1S/C16H25N3O2/c17-12-7-4-8-13-15(12)16(11-5-2-1-3-6-11)18-19(13)10-9-14(20)21/h11-12H,1-10,17H2,(H,20,21). The summed E-state index contributed by atoms with van der Waals surface area (Å²) >= 11 is 0. The van der Waals surface area contributed by atoms with Crippen LogP contribution in [-0.4, -0.2) is 20.9 Å². The number of nitrogens with two attached hydrogens (primary N) is 1. The SMILES string of the molecule is NC1CCCc2c1c(C1CCCCC1)nn2CCC(=O)O. The van der Waals surface area contributed by atoms with Gasteiger partial charge in [0, 0.05) is 23.2 Å². The van der Waals surface area contributed by atoms with Gasteiger partial charge in [0.15, 0.2) is 0 Å². The minimum atomic E-state index is -0.765. The maximum atomic E-state index is 10.8. The van der Waals surface area contributed by atoms with Crippen molar-refractivity contribution >= 4 is 5.97 Å². The van der Waals surface area contributed by atoms with Gasteiger partial charge < -0.3 is 10.8 Å². The third kappa shape index (κ3) is 2.98. The van der Waals surface area contributed by atoms with Crippen molar-refractivity contribution in [2.45, 2.75) is 76.3 Å². The molecule has 0 amide bonds. The van der Waals surface area contributed by atoms with Gasteiger partial charge in [-0.15, -0.1) is 0 Å². The molecule has 5 heteroatoms. The number of carboxylic acid groups (broad SMARTS) is 1. The van der Waals surface area contributed by atoms with Crippen LogP contribution in [0.15, 0.2) is 0 Å². The van der Waals surface area contributed by atoms with Gasteiger partial charge in [0.05, 0.1) is 18.7 Å². The van der Waals surface area contributed by atoms with Crippen LogP contribution in [0.25, 0.3) is 0 Å². The maximum Gasteiger partial charge on any atom is 0.305 e. The lowest BCUT2D eigenvalue weighted by atomic mass is 9.81. The van der Waals surface area contributed by atoms with Gasteiger partial charge in [-0.05, 0) is 32.1 Å². The zero-order chi connectivity index (χ0) is 14.8. The molecule has 2 aliphatic carbocycles. The molecule has 2 aliphatic rings. The van der Waals surface area contributed by atoms with Crippen molar-refractivity contribution in [3.8, 4) is 0 Å². The number of nitrogens with zero attached hydrogens (tertiary/aromatic N) is 2. The molecule has 1 saturated carbocycles. The van der Waals surface area contributed by atoms with Crippen LogP contribution in [0.2, 0.25) is 0 Å². The quantitative estimate of drug-likeness (QED) is 0.893. The molecule has 1 unspecified atom stereocenters. The van der Waals surface area contributed by atoms with Crippen LogP contribution in [-0.2, 0) is 17.8 Å². The second-order valence-corrected chi connectivity index (χ2v) is 6.45. The molecule has 0 aliphatic heterocycles.